The number of anilines is 1. The molecule has 1 aromatic rings. The second kappa shape index (κ2) is 5.42. The molecule has 2 heterocycles. The third-order valence-electron chi connectivity index (χ3n) is 3.01. The van der Waals surface area contributed by atoms with Crippen LogP contribution in [-0.4, -0.2) is 42.6 Å². The highest BCUT2D eigenvalue weighted by molar-refractivity contribution is 6.32. The molecule has 1 fully saturated rings. The van der Waals surface area contributed by atoms with Gasteiger partial charge in [-0.3, -0.25) is 4.79 Å². The Kier molecular flexibility index (Phi) is 3.91. The fraction of sp³-hybridized carbons (Fsp3) is 0.545. The zero-order valence-electron chi connectivity index (χ0n) is 9.60. The standard InChI is InChI=1S/C11H14ClN3O2/c1-17-8-2-4-15(5-3-8)11-9(6-16)10(12)13-7-14-11/h6-8H,2-5H2,1H3. The van der Waals surface area contributed by atoms with Crippen LogP contribution in [0.4, 0.5) is 5.82 Å². The van der Waals surface area contributed by atoms with Crippen molar-refractivity contribution in [1.82, 2.24) is 9.97 Å². The van der Waals surface area contributed by atoms with Gasteiger partial charge >= 0.3 is 0 Å². The number of nitrogens with zero attached hydrogens (tertiary/aromatic N) is 3. The fourth-order valence-electron chi connectivity index (χ4n) is 2.02. The minimum absolute atomic E-state index is 0.207. The van der Waals surface area contributed by atoms with E-state index in [0.29, 0.717) is 23.8 Å². The van der Waals surface area contributed by atoms with Crippen LogP contribution in [0.2, 0.25) is 5.15 Å². The van der Waals surface area contributed by atoms with Gasteiger partial charge in [0.2, 0.25) is 0 Å². The van der Waals surface area contributed by atoms with E-state index in [1.165, 1.54) is 6.33 Å². The van der Waals surface area contributed by atoms with Crippen molar-refractivity contribution in [3.05, 3.63) is 17.0 Å². The summed E-state index contributed by atoms with van der Waals surface area (Å²) < 4.78 is 5.30. The molecule has 1 aliphatic heterocycles. The van der Waals surface area contributed by atoms with E-state index in [1.807, 2.05) is 4.90 Å². The Bertz CT molecular complexity index is 406. The molecule has 6 heteroatoms. The molecular weight excluding hydrogens is 242 g/mol. The minimum Gasteiger partial charge on any atom is -0.381 e. The summed E-state index contributed by atoms with van der Waals surface area (Å²) in [6.45, 7) is 1.62. The van der Waals surface area contributed by atoms with Gasteiger partial charge in [0.1, 0.15) is 17.3 Å². The minimum atomic E-state index is 0.207. The van der Waals surface area contributed by atoms with Crippen molar-refractivity contribution in [3.8, 4) is 0 Å². The summed E-state index contributed by atoms with van der Waals surface area (Å²) in [4.78, 5) is 21.0. The molecule has 0 aromatic carbocycles. The lowest BCUT2D eigenvalue weighted by Gasteiger charge is -2.32. The molecule has 17 heavy (non-hydrogen) atoms. The fourth-order valence-corrected chi connectivity index (χ4v) is 2.19. The molecule has 1 saturated heterocycles. The molecule has 1 aromatic heterocycles. The summed E-state index contributed by atoms with van der Waals surface area (Å²) in [5.74, 6) is 0.620. The average molecular weight is 256 g/mol. The summed E-state index contributed by atoms with van der Waals surface area (Å²) in [5, 5.41) is 0.207. The van der Waals surface area contributed by atoms with Gasteiger partial charge in [-0.1, -0.05) is 11.6 Å². The van der Waals surface area contributed by atoms with Crippen molar-refractivity contribution >= 4 is 23.7 Å². The maximum Gasteiger partial charge on any atom is 0.156 e. The van der Waals surface area contributed by atoms with Crippen LogP contribution in [-0.2, 0) is 4.74 Å². The number of rotatable bonds is 3. The first-order valence-corrected chi connectivity index (χ1v) is 5.87. The topological polar surface area (TPSA) is 55.3 Å². The quantitative estimate of drug-likeness (QED) is 0.606. The predicted molar refractivity (Wildman–Crippen MR) is 64.7 cm³/mol. The lowest BCUT2D eigenvalue weighted by Crippen LogP contribution is -2.37. The van der Waals surface area contributed by atoms with E-state index in [9.17, 15) is 4.79 Å². The maximum absolute atomic E-state index is 11.0. The van der Waals surface area contributed by atoms with Gasteiger partial charge in [0.15, 0.2) is 6.29 Å². The number of aromatic nitrogens is 2. The van der Waals surface area contributed by atoms with Crippen LogP contribution in [0.3, 0.4) is 0 Å². The molecule has 0 unspecified atom stereocenters. The maximum atomic E-state index is 11.0. The molecule has 0 N–H and O–H groups in total. The molecule has 0 aliphatic carbocycles. The van der Waals surface area contributed by atoms with E-state index in [2.05, 4.69) is 9.97 Å². The molecule has 1 aliphatic rings. The van der Waals surface area contributed by atoms with Crippen LogP contribution in [0.25, 0.3) is 0 Å². The number of hydrogen-bond donors (Lipinski definition) is 0. The number of halogens is 1. The summed E-state index contributed by atoms with van der Waals surface area (Å²) in [7, 11) is 1.72. The summed E-state index contributed by atoms with van der Waals surface area (Å²) in [5.41, 5.74) is 0.366. The number of carbonyl (C=O) groups excluding carboxylic acids is 1. The Morgan fingerprint density at radius 3 is 2.76 bits per heavy atom. The Morgan fingerprint density at radius 2 is 2.18 bits per heavy atom. The van der Waals surface area contributed by atoms with Crippen molar-refractivity contribution in [3.63, 3.8) is 0 Å². The molecule has 0 amide bonds. The van der Waals surface area contributed by atoms with Crippen LogP contribution in [0, 0.1) is 0 Å². The van der Waals surface area contributed by atoms with Crippen molar-refractivity contribution in [2.75, 3.05) is 25.1 Å². The van der Waals surface area contributed by atoms with Crippen LogP contribution in [0.5, 0.6) is 0 Å². The van der Waals surface area contributed by atoms with E-state index < -0.39 is 0 Å². The van der Waals surface area contributed by atoms with Gasteiger partial charge in [-0.05, 0) is 12.8 Å². The number of ether oxygens (including phenoxy) is 1. The Labute approximate surface area is 105 Å². The number of piperidine rings is 1. The van der Waals surface area contributed by atoms with E-state index >= 15 is 0 Å². The van der Waals surface area contributed by atoms with Crippen molar-refractivity contribution in [2.24, 2.45) is 0 Å². The van der Waals surface area contributed by atoms with E-state index in [1.54, 1.807) is 7.11 Å². The normalized spacial score (nSPS) is 17.2. The second-order valence-electron chi connectivity index (χ2n) is 3.94. The Hall–Kier alpha value is -1.20. The van der Waals surface area contributed by atoms with E-state index in [0.717, 1.165) is 25.9 Å². The molecule has 0 saturated carbocycles. The number of hydrogen-bond acceptors (Lipinski definition) is 5. The molecule has 0 atom stereocenters. The number of carbonyl (C=O) groups is 1. The molecule has 5 nitrogen and oxygen atoms in total. The smallest absolute Gasteiger partial charge is 0.156 e. The van der Waals surface area contributed by atoms with Crippen LogP contribution in [0.15, 0.2) is 6.33 Å². The first kappa shape index (κ1) is 12.3. The van der Waals surface area contributed by atoms with Crippen LogP contribution >= 0.6 is 11.6 Å². The first-order chi connectivity index (χ1) is 8.26. The van der Waals surface area contributed by atoms with Gasteiger partial charge in [-0.2, -0.15) is 0 Å². The van der Waals surface area contributed by atoms with Crippen LogP contribution in [0.1, 0.15) is 23.2 Å². The number of methoxy groups -OCH3 is 1. The predicted octanol–water partition coefficient (Wildman–Crippen LogP) is 1.56. The van der Waals surface area contributed by atoms with Gasteiger partial charge < -0.3 is 9.64 Å². The lowest BCUT2D eigenvalue weighted by molar-refractivity contribution is 0.0817. The average Bonchev–Trinajstić information content (AvgIpc) is 2.38. The number of aldehydes is 1. The molecule has 0 bridgehead atoms. The van der Waals surface area contributed by atoms with Crippen molar-refractivity contribution in [1.29, 1.82) is 0 Å². The Balaban J connectivity index is 2.18. The van der Waals surface area contributed by atoms with Gasteiger partial charge in [0, 0.05) is 20.2 Å². The van der Waals surface area contributed by atoms with Crippen LogP contribution < -0.4 is 4.90 Å². The lowest BCUT2D eigenvalue weighted by atomic mass is 10.1. The third kappa shape index (κ3) is 2.56. The molecule has 0 radical (unpaired) electrons. The summed E-state index contributed by atoms with van der Waals surface area (Å²) >= 11 is 5.87. The van der Waals surface area contributed by atoms with Crippen molar-refractivity contribution in [2.45, 2.75) is 18.9 Å². The zero-order chi connectivity index (χ0) is 12.3. The van der Waals surface area contributed by atoms with Gasteiger partial charge in [-0.15, -0.1) is 0 Å². The largest absolute Gasteiger partial charge is 0.381 e. The van der Waals surface area contributed by atoms with Gasteiger partial charge in [-0.25, -0.2) is 9.97 Å². The van der Waals surface area contributed by atoms with E-state index in [-0.39, 0.29) is 5.15 Å². The zero-order valence-corrected chi connectivity index (χ0v) is 10.4. The highest BCUT2D eigenvalue weighted by Gasteiger charge is 2.22. The molecule has 2 rings (SSSR count). The van der Waals surface area contributed by atoms with Gasteiger partial charge in [0.25, 0.3) is 0 Å². The third-order valence-corrected chi connectivity index (χ3v) is 3.31. The molecular formula is C11H14ClN3O2. The van der Waals surface area contributed by atoms with Gasteiger partial charge in [0.05, 0.1) is 11.7 Å². The highest BCUT2D eigenvalue weighted by atomic mass is 35.5. The van der Waals surface area contributed by atoms with E-state index in [4.69, 9.17) is 16.3 Å². The molecule has 0 spiro atoms. The summed E-state index contributed by atoms with van der Waals surface area (Å²) in [6.07, 6.45) is 4.24. The Morgan fingerprint density at radius 1 is 1.47 bits per heavy atom. The summed E-state index contributed by atoms with van der Waals surface area (Å²) in [6, 6.07) is 0. The highest BCUT2D eigenvalue weighted by Crippen LogP contribution is 2.24. The second-order valence-corrected chi connectivity index (χ2v) is 4.30. The monoisotopic (exact) mass is 255 g/mol. The van der Waals surface area contributed by atoms with Crippen molar-refractivity contribution < 1.29 is 9.53 Å². The SMILES string of the molecule is COC1CCN(c2ncnc(Cl)c2C=O)CC1. The molecule has 92 valence electrons. The first-order valence-electron chi connectivity index (χ1n) is 5.49.